The topological polar surface area (TPSA) is 71.7 Å². The van der Waals surface area contributed by atoms with E-state index in [9.17, 15) is 5.26 Å². The molecule has 0 atom stereocenters. The zero-order valence-electron chi connectivity index (χ0n) is 27.9. The van der Waals surface area contributed by atoms with E-state index in [-0.39, 0.29) is 0 Å². The number of hydrogen-bond acceptors (Lipinski definition) is 5. The molecule has 2 aliphatic rings. The minimum Gasteiger partial charge on any atom is -0.457 e. The minimum absolute atomic E-state index is 0.602. The molecular formula is C47H28N4O. The number of hydrogen-bond donors (Lipinski definition) is 0. The Balaban J connectivity index is 1.30. The molecular weight excluding hydrogens is 637 g/mol. The monoisotopic (exact) mass is 664 g/mol. The Kier molecular flexibility index (Phi) is 6.70. The summed E-state index contributed by atoms with van der Waals surface area (Å²) in [7, 11) is 0. The van der Waals surface area contributed by atoms with Gasteiger partial charge in [0.2, 0.25) is 0 Å². The number of nitrogens with zero attached hydrogens (tertiary/aromatic N) is 4. The van der Waals surface area contributed by atoms with Gasteiger partial charge in [-0.05, 0) is 63.7 Å². The third-order valence-corrected chi connectivity index (χ3v) is 10.3. The smallest absolute Gasteiger partial charge is 0.164 e. The molecule has 52 heavy (non-hydrogen) atoms. The van der Waals surface area contributed by atoms with Gasteiger partial charge in [0, 0.05) is 27.8 Å². The molecule has 0 saturated carbocycles. The van der Waals surface area contributed by atoms with Crippen LogP contribution in [0.5, 0.6) is 11.5 Å². The number of aromatic nitrogens is 3. The summed E-state index contributed by atoms with van der Waals surface area (Å²) in [6.45, 7) is 0. The number of ether oxygens (including phenoxy) is 1. The molecule has 5 heteroatoms. The van der Waals surface area contributed by atoms with E-state index >= 15 is 0 Å². The highest BCUT2D eigenvalue weighted by Gasteiger charge is 2.51. The first-order valence-electron chi connectivity index (χ1n) is 17.3. The molecule has 7 aromatic carbocycles. The van der Waals surface area contributed by atoms with Gasteiger partial charge in [-0.3, -0.25) is 0 Å². The van der Waals surface area contributed by atoms with Crippen LogP contribution in [-0.2, 0) is 5.41 Å². The molecule has 1 aliphatic heterocycles. The van der Waals surface area contributed by atoms with E-state index in [2.05, 4.69) is 78.9 Å². The lowest BCUT2D eigenvalue weighted by Gasteiger charge is -2.39. The van der Waals surface area contributed by atoms with Crippen LogP contribution in [0.4, 0.5) is 0 Å². The number of rotatable bonds is 4. The molecule has 0 amide bonds. The van der Waals surface area contributed by atoms with Gasteiger partial charge in [-0.1, -0.05) is 140 Å². The second kappa shape index (κ2) is 11.7. The molecule has 0 N–H and O–H groups in total. The average Bonchev–Trinajstić information content (AvgIpc) is 3.51. The summed E-state index contributed by atoms with van der Waals surface area (Å²) in [4.78, 5) is 15.4. The molecule has 1 aliphatic carbocycles. The highest BCUT2D eigenvalue weighted by Crippen LogP contribution is 2.63. The largest absolute Gasteiger partial charge is 0.457 e. The Morgan fingerprint density at radius 1 is 0.423 bits per heavy atom. The van der Waals surface area contributed by atoms with Crippen molar-refractivity contribution in [2.45, 2.75) is 5.41 Å². The maximum Gasteiger partial charge on any atom is 0.164 e. The zero-order chi connectivity index (χ0) is 34.6. The lowest BCUT2D eigenvalue weighted by molar-refractivity contribution is 0.436. The van der Waals surface area contributed by atoms with Crippen LogP contribution >= 0.6 is 0 Å². The van der Waals surface area contributed by atoms with Gasteiger partial charge in [0.15, 0.2) is 17.5 Å². The van der Waals surface area contributed by atoms with Crippen LogP contribution in [-0.4, -0.2) is 15.0 Å². The number of para-hydroxylation sites is 2. The fourth-order valence-corrected chi connectivity index (χ4v) is 7.99. The van der Waals surface area contributed by atoms with Crippen molar-refractivity contribution in [3.05, 3.63) is 198 Å². The van der Waals surface area contributed by atoms with Crippen molar-refractivity contribution in [3.8, 4) is 74.0 Å². The second-order valence-electron chi connectivity index (χ2n) is 13.1. The Labute approximate surface area is 301 Å². The van der Waals surface area contributed by atoms with E-state index in [1.165, 1.54) is 0 Å². The summed E-state index contributed by atoms with van der Waals surface area (Å²) in [5, 5.41) is 9.48. The maximum absolute atomic E-state index is 9.48. The molecule has 5 nitrogen and oxygen atoms in total. The van der Waals surface area contributed by atoms with Gasteiger partial charge < -0.3 is 4.74 Å². The van der Waals surface area contributed by atoms with Crippen molar-refractivity contribution in [1.82, 2.24) is 15.0 Å². The molecule has 1 spiro atoms. The third kappa shape index (κ3) is 4.45. The number of benzene rings is 7. The quantitative estimate of drug-likeness (QED) is 0.187. The molecule has 0 unspecified atom stereocenters. The predicted molar refractivity (Wildman–Crippen MR) is 204 cm³/mol. The highest BCUT2D eigenvalue weighted by molar-refractivity contribution is 5.97. The van der Waals surface area contributed by atoms with Crippen molar-refractivity contribution in [1.29, 1.82) is 5.26 Å². The Bertz CT molecular complexity index is 2610. The van der Waals surface area contributed by atoms with Crippen LogP contribution < -0.4 is 4.74 Å². The van der Waals surface area contributed by atoms with E-state index in [4.69, 9.17) is 19.7 Å². The molecule has 1 aromatic heterocycles. The molecule has 0 radical (unpaired) electrons. The lowest BCUT2D eigenvalue weighted by Crippen LogP contribution is -2.32. The van der Waals surface area contributed by atoms with Crippen LogP contribution in [0.15, 0.2) is 170 Å². The fraction of sp³-hybridized carbons (Fsp3) is 0.0213. The summed E-state index contributed by atoms with van der Waals surface area (Å²) in [6, 6.07) is 60.2. The standard InChI is InChI=1S/C47H28N4O/c48-29-30-22-24-31(25-23-30)34-26-27-37-36(28-34)43-35(46-50-44(32-12-3-1-4-13-32)49-45(51-46)33-14-5-2-6-15-33)16-11-19-40(43)47(37)38-17-7-9-20-41(38)52-42-21-10-8-18-39(42)47/h1-28H. The normalized spacial score (nSPS) is 12.9. The van der Waals surface area contributed by atoms with Gasteiger partial charge in [0.25, 0.3) is 0 Å². The first-order valence-corrected chi connectivity index (χ1v) is 17.3. The van der Waals surface area contributed by atoms with Crippen LogP contribution in [0.2, 0.25) is 0 Å². The Morgan fingerprint density at radius 2 is 0.962 bits per heavy atom. The second-order valence-corrected chi connectivity index (χ2v) is 13.1. The average molecular weight is 665 g/mol. The van der Waals surface area contributed by atoms with Gasteiger partial charge in [0.05, 0.1) is 17.0 Å². The number of fused-ring (bicyclic) bond motifs is 9. The van der Waals surface area contributed by atoms with E-state index in [1.54, 1.807) is 0 Å². The molecule has 242 valence electrons. The predicted octanol–water partition coefficient (Wildman–Crippen LogP) is 10.9. The van der Waals surface area contributed by atoms with E-state index < -0.39 is 5.41 Å². The maximum atomic E-state index is 9.48. The summed E-state index contributed by atoms with van der Waals surface area (Å²) in [5.74, 6) is 3.50. The fourth-order valence-electron chi connectivity index (χ4n) is 7.99. The van der Waals surface area contributed by atoms with Crippen molar-refractivity contribution >= 4 is 0 Å². The van der Waals surface area contributed by atoms with Gasteiger partial charge >= 0.3 is 0 Å². The summed E-state index contributed by atoms with van der Waals surface area (Å²) in [5.41, 5.74) is 11.5. The van der Waals surface area contributed by atoms with Gasteiger partial charge in [0.1, 0.15) is 11.5 Å². The first kappa shape index (κ1) is 29.7. The van der Waals surface area contributed by atoms with Crippen molar-refractivity contribution in [2.24, 2.45) is 0 Å². The number of nitriles is 1. The summed E-state index contributed by atoms with van der Waals surface area (Å²) < 4.78 is 6.59. The molecule has 10 rings (SSSR count). The van der Waals surface area contributed by atoms with Crippen LogP contribution in [0, 0.1) is 11.3 Å². The van der Waals surface area contributed by atoms with Gasteiger partial charge in [-0.15, -0.1) is 0 Å². The van der Waals surface area contributed by atoms with Crippen molar-refractivity contribution in [3.63, 3.8) is 0 Å². The highest BCUT2D eigenvalue weighted by atomic mass is 16.5. The Hall–Kier alpha value is -7.16. The van der Waals surface area contributed by atoms with Gasteiger partial charge in [-0.2, -0.15) is 5.26 Å². The Morgan fingerprint density at radius 3 is 1.58 bits per heavy atom. The molecule has 0 bridgehead atoms. The van der Waals surface area contributed by atoms with Crippen LogP contribution in [0.1, 0.15) is 27.8 Å². The lowest BCUT2D eigenvalue weighted by atomic mass is 9.66. The van der Waals surface area contributed by atoms with Crippen LogP contribution in [0.25, 0.3) is 56.4 Å². The molecule has 0 fully saturated rings. The molecule has 2 heterocycles. The molecule has 0 saturated heterocycles. The first-order chi connectivity index (χ1) is 25.7. The summed E-state index contributed by atoms with van der Waals surface area (Å²) in [6.07, 6.45) is 0. The summed E-state index contributed by atoms with van der Waals surface area (Å²) >= 11 is 0. The van der Waals surface area contributed by atoms with Crippen molar-refractivity contribution < 1.29 is 4.74 Å². The van der Waals surface area contributed by atoms with E-state index in [0.29, 0.717) is 23.0 Å². The zero-order valence-corrected chi connectivity index (χ0v) is 27.9. The van der Waals surface area contributed by atoms with Gasteiger partial charge in [-0.25, -0.2) is 15.0 Å². The van der Waals surface area contributed by atoms with E-state index in [1.807, 2.05) is 97.1 Å². The minimum atomic E-state index is -0.660. The molecule has 8 aromatic rings. The van der Waals surface area contributed by atoms with Crippen molar-refractivity contribution in [2.75, 3.05) is 0 Å². The SMILES string of the molecule is N#Cc1ccc(-c2ccc3c(c2)-c2c(-c4nc(-c5ccccc5)nc(-c5ccccc5)n4)cccc2C32c3ccccc3Oc3ccccc32)cc1. The van der Waals surface area contributed by atoms with Crippen LogP contribution in [0.3, 0.4) is 0 Å². The van der Waals surface area contributed by atoms with E-state index in [0.717, 1.165) is 72.7 Å². The third-order valence-electron chi connectivity index (χ3n) is 10.3.